The Balaban J connectivity index is 1.89. The van der Waals surface area contributed by atoms with Crippen molar-refractivity contribution in [1.29, 1.82) is 0 Å². The van der Waals surface area contributed by atoms with E-state index < -0.39 is 30.2 Å². The van der Waals surface area contributed by atoms with E-state index in [1.165, 1.54) is 42.5 Å². The van der Waals surface area contributed by atoms with Gasteiger partial charge in [-0.05, 0) is 60.9 Å². The van der Waals surface area contributed by atoms with Crippen LogP contribution in [-0.2, 0) is 10.9 Å². The number of carboxylic acid groups (broad SMARTS) is 1. The van der Waals surface area contributed by atoms with Crippen molar-refractivity contribution in [3.63, 3.8) is 0 Å². The first-order valence-corrected chi connectivity index (χ1v) is 8.93. The van der Waals surface area contributed by atoms with E-state index in [9.17, 15) is 26.7 Å². The fraction of sp³-hybridized carbons (Fsp3) is 0.286. The number of hydrogen-bond donors (Lipinski definition) is 1. The first-order valence-electron chi connectivity index (χ1n) is 8.93. The highest BCUT2D eigenvalue weighted by molar-refractivity contribution is 5.85. The van der Waals surface area contributed by atoms with E-state index >= 15 is 0 Å². The molecule has 0 heterocycles. The lowest BCUT2D eigenvalue weighted by Gasteiger charge is -2.18. The summed E-state index contributed by atoms with van der Waals surface area (Å²) in [5, 5.41) is 8.57. The van der Waals surface area contributed by atoms with Gasteiger partial charge in [-0.1, -0.05) is 12.1 Å². The molecule has 0 aliphatic heterocycles. The Bertz CT molecular complexity index is 843. The number of halogens is 5. The molecule has 9 heteroatoms. The minimum absolute atomic E-state index is 0.0466. The minimum Gasteiger partial charge on any atom is -0.494 e. The van der Waals surface area contributed by atoms with Gasteiger partial charge in [-0.15, -0.1) is 0 Å². The fourth-order valence-corrected chi connectivity index (χ4v) is 2.38. The van der Waals surface area contributed by atoms with Gasteiger partial charge in [-0.3, -0.25) is 0 Å². The van der Waals surface area contributed by atoms with E-state index in [0.717, 1.165) is 18.2 Å². The van der Waals surface area contributed by atoms with Crippen LogP contribution in [0.5, 0.6) is 11.5 Å². The van der Waals surface area contributed by atoms with Crippen LogP contribution in [0.15, 0.2) is 54.6 Å². The average Bonchev–Trinajstić information content (AvgIpc) is 2.66. The molecule has 1 N–H and O–H groups in total. The van der Waals surface area contributed by atoms with Crippen molar-refractivity contribution in [1.82, 2.24) is 0 Å². The van der Waals surface area contributed by atoms with Crippen molar-refractivity contribution < 1.29 is 41.3 Å². The van der Waals surface area contributed by atoms with E-state index in [1.54, 1.807) is 0 Å². The number of aliphatic carboxylic acids is 1. The van der Waals surface area contributed by atoms with E-state index in [0.29, 0.717) is 5.56 Å². The second-order valence-corrected chi connectivity index (χ2v) is 6.30. The zero-order chi connectivity index (χ0) is 22.2. The van der Waals surface area contributed by atoms with Crippen molar-refractivity contribution in [3.8, 4) is 11.5 Å². The highest BCUT2D eigenvalue weighted by Crippen LogP contribution is 2.32. The van der Waals surface area contributed by atoms with Crippen molar-refractivity contribution >= 4 is 12.0 Å². The number of hydrogen-bond acceptors (Lipinski definition) is 3. The van der Waals surface area contributed by atoms with Gasteiger partial charge >= 0.3 is 18.3 Å². The van der Waals surface area contributed by atoms with Gasteiger partial charge < -0.3 is 14.6 Å². The molecule has 0 saturated heterocycles. The van der Waals surface area contributed by atoms with Gasteiger partial charge in [0.05, 0.1) is 12.2 Å². The molecule has 0 spiro atoms. The van der Waals surface area contributed by atoms with Gasteiger partial charge in [0.15, 0.2) is 0 Å². The van der Waals surface area contributed by atoms with Crippen LogP contribution in [0.2, 0.25) is 0 Å². The summed E-state index contributed by atoms with van der Waals surface area (Å²) in [7, 11) is 0. The summed E-state index contributed by atoms with van der Waals surface area (Å²) in [5.41, 5.74) is 0.0755. The molecule has 0 radical (unpaired) electrons. The zero-order valence-corrected chi connectivity index (χ0v) is 15.7. The van der Waals surface area contributed by atoms with E-state index in [-0.39, 0.29) is 30.9 Å². The molecule has 4 nitrogen and oxygen atoms in total. The van der Waals surface area contributed by atoms with Gasteiger partial charge in [0, 0.05) is 12.5 Å². The van der Waals surface area contributed by atoms with E-state index in [1.807, 2.05) is 0 Å². The van der Waals surface area contributed by atoms with Crippen LogP contribution < -0.4 is 9.47 Å². The molecule has 0 aliphatic carbocycles. The summed E-state index contributed by atoms with van der Waals surface area (Å²) in [5.74, 6) is -0.982. The van der Waals surface area contributed by atoms with Crippen LogP contribution in [0.4, 0.5) is 22.0 Å². The van der Waals surface area contributed by atoms with Crippen molar-refractivity contribution in [3.05, 3.63) is 65.7 Å². The number of carbonyl (C=O) groups is 1. The average molecular weight is 430 g/mol. The highest BCUT2D eigenvalue weighted by atomic mass is 19.4. The molecule has 2 aromatic rings. The molecular formula is C21H19F5O4. The Kier molecular flexibility index (Phi) is 7.79. The van der Waals surface area contributed by atoms with Crippen molar-refractivity contribution in [2.24, 2.45) is 0 Å². The Morgan fingerprint density at radius 1 is 0.900 bits per heavy atom. The van der Waals surface area contributed by atoms with Crippen LogP contribution in [0.3, 0.4) is 0 Å². The molecule has 0 saturated carbocycles. The quantitative estimate of drug-likeness (QED) is 0.284. The molecule has 0 amide bonds. The molecule has 0 aromatic heterocycles. The molecule has 0 aliphatic rings. The maximum atomic E-state index is 14.3. The topological polar surface area (TPSA) is 55.8 Å². The Morgan fingerprint density at radius 3 is 2.07 bits per heavy atom. The number of alkyl halides is 5. The zero-order valence-electron chi connectivity index (χ0n) is 15.7. The smallest absolute Gasteiger partial charge is 0.426 e. The van der Waals surface area contributed by atoms with Crippen LogP contribution in [0.1, 0.15) is 30.4 Å². The monoisotopic (exact) mass is 430 g/mol. The second kappa shape index (κ2) is 10.1. The van der Waals surface area contributed by atoms with Gasteiger partial charge in [0.2, 0.25) is 0 Å². The Morgan fingerprint density at radius 2 is 1.50 bits per heavy atom. The molecule has 30 heavy (non-hydrogen) atoms. The van der Waals surface area contributed by atoms with E-state index in [4.69, 9.17) is 14.6 Å². The third-order valence-electron chi connectivity index (χ3n) is 3.86. The summed E-state index contributed by atoms with van der Waals surface area (Å²) >= 11 is 0. The predicted molar refractivity (Wildman–Crippen MR) is 99.5 cm³/mol. The maximum Gasteiger partial charge on any atom is 0.426 e. The molecule has 0 fully saturated rings. The van der Waals surface area contributed by atoms with Gasteiger partial charge in [0.1, 0.15) is 11.5 Å². The van der Waals surface area contributed by atoms with Crippen LogP contribution in [0, 0.1) is 0 Å². The summed E-state index contributed by atoms with van der Waals surface area (Å²) < 4.78 is 74.8. The molecule has 2 rings (SSSR count). The SMILES string of the molecule is O=C(O)C=Cc1ccc(OC(F)(F)c2ccc(OCCCCC(F)(F)F)cc2)cc1. The molecule has 162 valence electrons. The fourth-order valence-electron chi connectivity index (χ4n) is 2.38. The second-order valence-electron chi connectivity index (χ2n) is 6.30. The number of benzene rings is 2. The van der Waals surface area contributed by atoms with Crippen molar-refractivity contribution in [2.45, 2.75) is 31.5 Å². The number of rotatable bonds is 10. The number of ether oxygens (including phenoxy) is 2. The summed E-state index contributed by atoms with van der Waals surface area (Å²) in [6.45, 7) is 0.0466. The Labute approximate surface area is 169 Å². The van der Waals surface area contributed by atoms with Gasteiger partial charge in [0.25, 0.3) is 0 Å². The largest absolute Gasteiger partial charge is 0.494 e. The lowest BCUT2D eigenvalue weighted by Crippen LogP contribution is -2.21. The first kappa shape index (κ1) is 23.2. The minimum atomic E-state index is -4.21. The highest BCUT2D eigenvalue weighted by Gasteiger charge is 2.34. The lowest BCUT2D eigenvalue weighted by molar-refractivity contribution is -0.185. The normalized spacial score (nSPS) is 12.2. The van der Waals surface area contributed by atoms with Gasteiger partial charge in [-0.2, -0.15) is 22.0 Å². The molecule has 2 aromatic carbocycles. The summed E-state index contributed by atoms with van der Waals surface area (Å²) in [4.78, 5) is 10.5. The predicted octanol–water partition coefficient (Wildman–Crippen LogP) is 6.02. The summed E-state index contributed by atoms with van der Waals surface area (Å²) in [6.07, 6.45) is -6.38. The number of unbranched alkanes of at least 4 members (excludes halogenated alkanes) is 1. The standard InChI is InChI=1S/C21H19F5O4/c22-20(23,24)13-1-2-14-29-17-10-6-16(7-11-17)21(25,26)30-18-8-3-15(4-9-18)5-12-19(27)28/h3-12H,1-2,13-14H2,(H,27,28). The first-order chi connectivity index (χ1) is 14.0. The maximum absolute atomic E-state index is 14.3. The number of carboxylic acids is 1. The van der Waals surface area contributed by atoms with E-state index in [2.05, 4.69) is 0 Å². The third-order valence-corrected chi connectivity index (χ3v) is 3.86. The van der Waals surface area contributed by atoms with Crippen LogP contribution in [-0.4, -0.2) is 23.9 Å². The summed E-state index contributed by atoms with van der Waals surface area (Å²) in [6, 6.07) is 10.2. The molecule has 0 atom stereocenters. The van der Waals surface area contributed by atoms with Crippen molar-refractivity contribution in [2.75, 3.05) is 6.61 Å². The Hall–Kier alpha value is -3.10. The molecule has 0 unspecified atom stereocenters. The lowest BCUT2D eigenvalue weighted by atomic mass is 10.2. The molecule has 0 bridgehead atoms. The molecular weight excluding hydrogens is 411 g/mol. The van der Waals surface area contributed by atoms with Crippen LogP contribution in [0.25, 0.3) is 6.08 Å². The third kappa shape index (κ3) is 8.10. The van der Waals surface area contributed by atoms with Crippen LogP contribution >= 0.6 is 0 Å². The van der Waals surface area contributed by atoms with Gasteiger partial charge in [-0.25, -0.2) is 4.79 Å².